The van der Waals surface area contributed by atoms with Gasteiger partial charge >= 0.3 is 0 Å². The molecule has 0 fully saturated rings. The summed E-state index contributed by atoms with van der Waals surface area (Å²) in [5.74, 6) is 0. The SMILES string of the molecule is CC(C)(C)CCCCCCCCCCCOCn1ncc2ccc(N)cc21. The van der Waals surface area contributed by atoms with E-state index in [1.54, 1.807) is 0 Å². The average Bonchev–Trinajstić information content (AvgIpc) is 3.00. The fourth-order valence-electron chi connectivity index (χ4n) is 3.44. The zero-order chi connectivity index (χ0) is 19.5. The normalized spacial score (nSPS) is 12.1. The summed E-state index contributed by atoms with van der Waals surface area (Å²) in [6.45, 7) is 8.32. The molecule has 0 saturated heterocycles. The van der Waals surface area contributed by atoms with E-state index in [1.807, 2.05) is 29.1 Å². The number of benzene rings is 1. The Balaban J connectivity index is 1.42. The maximum absolute atomic E-state index is 5.86. The molecule has 0 bridgehead atoms. The van der Waals surface area contributed by atoms with Crippen molar-refractivity contribution in [1.29, 1.82) is 0 Å². The molecule has 27 heavy (non-hydrogen) atoms. The molecule has 2 N–H and O–H groups in total. The Morgan fingerprint density at radius 2 is 1.56 bits per heavy atom. The van der Waals surface area contributed by atoms with Crippen molar-refractivity contribution in [1.82, 2.24) is 9.78 Å². The Hall–Kier alpha value is -1.55. The largest absolute Gasteiger partial charge is 0.399 e. The second-order valence-electron chi connectivity index (χ2n) is 8.99. The first-order valence-corrected chi connectivity index (χ1v) is 10.7. The summed E-state index contributed by atoms with van der Waals surface area (Å²) in [6.07, 6.45) is 15.3. The van der Waals surface area contributed by atoms with E-state index in [0.29, 0.717) is 12.1 Å². The quantitative estimate of drug-likeness (QED) is 0.320. The van der Waals surface area contributed by atoms with Gasteiger partial charge in [-0.25, -0.2) is 4.68 Å². The molecule has 0 spiro atoms. The van der Waals surface area contributed by atoms with Gasteiger partial charge in [0.2, 0.25) is 0 Å². The minimum absolute atomic E-state index is 0.500. The molecule has 0 aliphatic heterocycles. The molecule has 152 valence electrons. The fourth-order valence-corrected chi connectivity index (χ4v) is 3.44. The summed E-state index contributed by atoms with van der Waals surface area (Å²) in [4.78, 5) is 0. The zero-order valence-electron chi connectivity index (χ0n) is 17.7. The van der Waals surface area contributed by atoms with E-state index in [4.69, 9.17) is 10.5 Å². The third kappa shape index (κ3) is 8.79. The first-order chi connectivity index (χ1) is 13.0. The highest BCUT2D eigenvalue weighted by molar-refractivity contribution is 5.81. The standard InChI is InChI=1S/C23H39N3O/c1-23(2,3)15-11-9-7-5-4-6-8-10-12-16-27-19-26-22-17-21(24)14-13-20(22)18-25-26/h13-14,17-18H,4-12,15-16,19,24H2,1-3H3. The van der Waals surface area contributed by atoms with Crippen LogP contribution in [0.15, 0.2) is 24.4 Å². The lowest BCUT2D eigenvalue weighted by Gasteiger charge is -2.17. The second kappa shape index (κ2) is 11.3. The van der Waals surface area contributed by atoms with Gasteiger partial charge in [0.05, 0.1) is 11.7 Å². The van der Waals surface area contributed by atoms with Gasteiger partial charge in [0.1, 0.15) is 6.73 Å². The molecule has 2 rings (SSSR count). The van der Waals surface area contributed by atoms with Crippen LogP contribution in [0.4, 0.5) is 5.69 Å². The molecule has 0 aliphatic carbocycles. The average molecular weight is 374 g/mol. The Morgan fingerprint density at radius 3 is 2.22 bits per heavy atom. The van der Waals surface area contributed by atoms with Crippen LogP contribution >= 0.6 is 0 Å². The molecule has 1 aromatic carbocycles. The summed E-state index contributed by atoms with van der Waals surface area (Å²) >= 11 is 0. The number of anilines is 1. The van der Waals surface area contributed by atoms with Crippen molar-refractivity contribution in [3.8, 4) is 0 Å². The number of nitrogen functional groups attached to an aromatic ring is 1. The third-order valence-corrected chi connectivity index (χ3v) is 5.10. The van der Waals surface area contributed by atoms with E-state index < -0.39 is 0 Å². The Morgan fingerprint density at radius 1 is 0.926 bits per heavy atom. The molecule has 0 radical (unpaired) electrons. The molecular weight excluding hydrogens is 334 g/mol. The topological polar surface area (TPSA) is 53.1 Å². The van der Waals surface area contributed by atoms with Crippen molar-refractivity contribution in [3.05, 3.63) is 24.4 Å². The van der Waals surface area contributed by atoms with Crippen LogP contribution in [0.25, 0.3) is 10.9 Å². The maximum atomic E-state index is 5.86. The van der Waals surface area contributed by atoms with Crippen LogP contribution in [0.1, 0.15) is 85.0 Å². The molecule has 0 amide bonds. The van der Waals surface area contributed by atoms with Gasteiger partial charge in [-0.05, 0) is 36.5 Å². The first kappa shape index (κ1) is 21.7. The van der Waals surface area contributed by atoms with E-state index in [9.17, 15) is 0 Å². The molecular formula is C23H39N3O. The Kier molecular flexibility index (Phi) is 9.12. The number of ether oxygens (including phenoxy) is 1. The van der Waals surface area contributed by atoms with Crippen LogP contribution in [0.5, 0.6) is 0 Å². The van der Waals surface area contributed by atoms with Gasteiger partial charge in [0.25, 0.3) is 0 Å². The lowest BCUT2D eigenvalue weighted by Crippen LogP contribution is -2.05. The molecule has 2 aromatic rings. The Bertz CT molecular complexity index is 657. The van der Waals surface area contributed by atoms with Crippen molar-refractivity contribution in [3.63, 3.8) is 0 Å². The van der Waals surface area contributed by atoms with Gasteiger partial charge < -0.3 is 10.5 Å². The number of nitrogens with two attached hydrogens (primary N) is 1. The highest BCUT2D eigenvalue weighted by atomic mass is 16.5. The number of aromatic nitrogens is 2. The number of hydrogen-bond acceptors (Lipinski definition) is 3. The van der Waals surface area contributed by atoms with E-state index >= 15 is 0 Å². The van der Waals surface area contributed by atoms with Crippen LogP contribution in [0, 0.1) is 5.41 Å². The van der Waals surface area contributed by atoms with Crippen LogP contribution in [0.2, 0.25) is 0 Å². The predicted molar refractivity (Wildman–Crippen MR) is 116 cm³/mol. The van der Waals surface area contributed by atoms with E-state index in [-0.39, 0.29) is 0 Å². The summed E-state index contributed by atoms with van der Waals surface area (Å²) in [6, 6.07) is 5.86. The second-order valence-corrected chi connectivity index (χ2v) is 8.99. The fraction of sp³-hybridized carbons (Fsp3) is 0.696. The maximum Gasteiger partial charge on any atom is 0.140 e. The van der Waals surface area contributed by atoms with Crippen molar-refractivity contribution < 1.29 is 4.74 Å². The zero-order valence-corrected chi connectivity index (χ0v) is 17.7. The smallest absolute Gasteiger partial charge is 0.140 e. The predicted octanol–water partition coefficient (Wildman–Crippen LogP) is 6.54. The van der Waals surface area contributed by atoms with Crippen LogP contribution in [-0.2, 0) is 11.5 Å². The third-order valence-electron chi connectivity index (χ3n) is 5.10. The van der Waals surface area contributed by atoms with Crippen LogP contribution in [-0.4, -0.2) is 16.4 Å². The Labute approximate surface area is 165 Å². The van der Waals surface area contributed by atoms with Crippen LogP contribution in [0.3, 0.4) is 0 Å². The van der Waals surface area contributed by atoms with Crippen LogP contribution < -0.4 is 5.73 Å². The molecule has 0 unspecified atom stereocenters. The van der Waals surface area contributed by atoms with Crippen molar-refractivity contribution in [2.45, 2.75) is 91.7 Å². The lowest BCUT2D eigenvalue weighted by atomic mass is 9.89. The van der Waals surface area contributed by atoms with Gasteiger partial charge in [-0.2, -0.15) is 5.10 Å². The van der Waals surface area contributed by atoms with Gasteiger partial charge in [-0.1, -0.05) is 72.1 Å². The van der Waals surface area contributed by atoms with Gasteiger partial charge in [0.15, 0.2) is 0 Å². The molecule has 1 heterocycles. The minimum atomic E-state index is 0.500. The van der Waals surface area contributed by atoms with Gasteiger partial charge in [-0.3, -0.25) is 0 Å². The summed E-state index contributed by atoms with van der Waals surface area (Å²) < 4.78 is 7.67. The number of nitrogens with zero attached hydrogens (tertiary/aromatic N) is 2. The lowest BCUT2D eigenvalue weighted by molar-refractivity contribution is 0.0688. The van der Waals surface area contributed by atoms with Crippen molar-refractivity contribution in [2.75, 3.05) is 12.3 Å². The summed E-state index contributed by atoms with van der Waals surface area (Å²) in [5, 5.41) is 5.48. The number of hydrogen-bond donors (Lipinski definition) is 1. The highest BCUT2D eigenvalue weighted by Crippen LogP contribution is 2.22. The molecule has 0 aliphatic rings. The van der Waals surface area contributed by atoms with E-state index in [0.717, 1.165) is 29.6 Å². The van der Waals surface area contributed by atoms with Crippen molar-refractivity contribution >= 4 is 16.6 Å². The number of unbranched alkanes of at least 4 members (excludes halogenated alkanes) is 8. The molecule has 0 saturated carbocycles. The van der Waals surface area contributed by atoms with Crippen molar-refractivity contribution in [2.24, 2.45) is 5.41 Å². The number of rotatable bonds is 13. The minimum Gasteiger partial charge on any atom is -0.399 e. The molecule has 0 atom stereocenters. The van der Waals surface area contributed by atoms with Gasteiger partial charge in [0, 0.05) is 17.7 Å². The van der Waals surface area contributed by atoms with E-state index in [1.165, 1.54) is 57.8 Å². The first-order valence-electron chi connectivity index (χ1n) is 10.7. The van der Waals surface area contributed by atoms with Gasteiger partial charge in [-0.15, -0.1) is 0 Å². The monoisotopic (exact) mass is 373 g/mol. The summed E-state index contributed by atoms with van der Waals surface area (Å²) in [7, 11) is 0. The summed E-state index contributed by atoms with van der Waals surface area (Å²) in [5.41, 5.74) is 8.16. The molecule has 4 heteroatoms. The highest BCUT2D eigenvalue weighted by Gasteiger charge is 2.08. The van der Waals surface area contributed by atoms with E-state index in [2.05, 4.69) is 25.9 Å². The molecule has 4 nitrogen and oxygen atoms in total. The molecule has 1 aromatic heterocycles. The number of fused-ring (bicyclic) bond motifs is 1.